The molecule has 2 heterocycles. The topological polar surface area (TPSA) is 89.1 Å². The lowest BCUT2D eigenvalue weighted by Gasteiger charge is -2.28. The number of piperidine rings is 1. The zero-order chi connectivity index (χ0) is 21.8. The molecule has 7 nitrogen and oxygen atoms in total. The van der Waals surface area contributed by atoms with E-state index in [9.17, 15) is 4.79 Å². The molecule has 0 aliphatic carbocycles. The second-order valence-corrected chi connectivity index (χ2v) is 9.02. The maximum Gasteiger partial charge on any atom is 0.234 e. The van der Waals surface area contributed by atoms with Crippen molar-refractivity contribution in [3.63, 3.8) is 0 Å². The third-order valence-electron chi connectivity index (χ3n) is 5.04. The molecule has 162 valence electrons. The van der Waals surface area contributed by atoms with Gasteiger partial charge in [0.1, 0.15) is 0 Å². The van der Waals surface area contributed by atoms with Crippen LogP contribution >= 0.6 is 35.0 Å². The molecule has 1 aliphatic heterocycles. The van der Waals surface area contributed by atoms with Crippen molar-refractivity contribution in [2.24, 2.45) is 0 Å². The van der Waals surface area contributed by atoms with Crippen LogP contribution in [0.15, 0.2) is 47.6 Å². The lowest BCUT2D eigenvalue weighted by atomic mass is 10.1. The smallest absolute Gasteiger partial charge is 0.234 e. The van der Waals surface area contributed by atoms with Crippen LogP contribution in [0.3, 0.4) is 0 Å². The molecule has 1 aliphatic rings. The van der Waals surface area contributed by atoms with Crippen LogP contribution in [0.1, 0.15) is 19.3 Å². The Bertz CT molecular complexity index is 1070. The van der Waals surface area contributed by atoms with Gasteiger partial charge in [0, 0.05) is 35.1 Å². The first-order valence-corrected chi connectivity index (χ1v) is 11.7. The predicted octanol–water partition coefficient (Wildman–Crippen LogP) is 4.69. The molecule has 0 saturated carbocycles. The molecule has 0 unspecified atom stereocenters. The van der Waals surface area contributed by atoms with E-state index in [2.05, 4.69) is 20.4 Å². The molecular formula is C21H22Cl2N6OS. The molecule has 0 bridgehead atoms. The van der Waals surface area contributed by atoms with Crippen molar-refractivity contribution in [1.82, 2.24) is 14.9 Å². The number of hydrogen-bond acceptors (Lipinski definition) is 6. The van der Waals surface area contributed by atoms with Crippen molar-refractivity contribution in [3.8, 4) is 11.4 Å². The first kappa shape index (κ1) is 21.8. The predicted molar refractivity (Wildman–Crippen MR) is 127 cm³/mol. The number of anilines is 2. The van der Waals surface area contributed by atoms with Crippen molar-refractivity contribution >= 4 is 52.2 Å². The summed E-state index contributed by atoms with van der Waals surface area (Å²) in [5, 5.41) is 12.4. The van der Waals surface area contributed by atoms with Crippen LogP contribution in [-0.4, -0.2) is 39.6 Å². The highest BCUT2D eigenvalue weighted by atomic mass is 35.5. The van der Waals surface area contributed by atoms with Crippen molar-refractivity contribution in [2.45, 2.75) is 24.4 Å². The summed E-state index contributed by atoms with van der Waals surface area (Å²) in [6, 6.07) is 13.0. The van der Waals surface area contributed by atoms with E-state index >= 15 is 0 Å². The number of amides is 1. The van der Waals surface area contributed by atoms with Crippen LogP contribution in [-0.2, 0) is 4.79 Å². The number of nitrogens with one attached hydrogen (secondary N) is 1. The number of rotatable bonds is 6. The molecule has 3 N–H and O–H groups in total. The summed E-state index contributed by atoms with van der Waals surface area (Å²) in [5.41, 5.74) is 2.57. The van der Waals surface area contributed by atoms with Crippen LogP contribution in [0.5, 0.6) is 0 Å². The Morgan fingerprint density at radius 2 is 1.81 bits per heavy atom. The van der Waals surface area contributed by atoms with Gasteiger partial charge < -0.3 is 16.1 Å². The molecule has 10 heteroatoms. The second kappa shape index (κ2) is 9.80. The van der Waals surface area contributed by atoms with Gasteiger partial charge in [-0.3, -0.25) is 4.79 Å². The van der Waals surface area contributed by atoms with Gasteiger partial charge in [-0.1, -0.05) is 35.0 Å². The number of carbonyl (C=O) groups is 1. The summed E-state index contributed by atoms with van der Waals surface area (Å²) in [6.45, 7) is 2.18. The van der Waals surface area contributed by atoms with E-state index in [1.165, 1.54) is 41.4 Å². The fourth-order valence-electron chi connectivity index (χ4n) is 3.46. The molecule has 1 saturated heterocycles. The van der Waals surface area contributed by atoms with Crippen molar-refractivity contribution in [1.29, 1.82) is 0 Å². The highest BCUT2D eigenvalue weighted by molar-refractivity contribution is 7.99. The third kappa shape index (κ3) is 5.26. The lowest BCUT2D eigenvalue weighted by Crippen LogP contribution is -2.29. The standard InChI is InChI=1S/C21H22Cl2N6OS/c22-14-4-9-17(18(23)12-14)20-26-27-21(29(20)24)31-13-19(30)25-15-5-7-16(8-6-15)28-10-2-1-3-11-28/h4-9,12H,1-3,10-11,13,24H2,(H,25,30). The molecule has 3 aromatic rings. The van der Waals surface area contributed by atoms with Gasteiger partial charge in [0.2, 0.25) is 11.1 Å². The van der Waals surface area contributed by atoms with E-state index in [0.717, 1.165) is 18.8 Å². The van der Waals surface area contributed by atoms with E-state index in [4.69, 9.17) is 29.0 Å². The Morgan fingerprint density at radius 1 is 1.06 bits per heavy atom. The molecule has 0 atom stereocenters. The van der Waals surface area contributed by atoms with Gasteiger partial charge in [0.25, 0.3) is 0 Å². The summed E-state index contributed by atoms with van der Waals surface area (Å²) in [4.78, 5) is 14.8. The van der Waals surface area contributed by atoms with Crippen LogP contribution in [0.4, 0.5) is 11.4 Å². The van der Waals surface area contributed by atoms with E-state index in [1.807, 2.05) is 24.3 Å². The summed E-state index contributed by atoms with van der Waals surface area (Å²) < 4.78 is 1.32. The largest absolute Gasteiger partial charge is 0.372 e. The van der Waals surface area contributed by atoms with Gasteiger partial charge in [0.05, 0.1) is 10.8 Å². The number of thioether (sulfide) groups is 1. The first-order chi connectivity index (χ1) is 15.0. The fraction of sp³-hybridized carbons (Fsp3) is 0.286. The Kier molecular flexibility index (Phi) is 6.89. The van der Waals surface area contributed by atoms with Gasteiger partial charge in [-0.25, -0.2) is 4.68 Å². The molecule has 0 radical (unpaired) electrons. The average Bonchev–Trinajstić information content (AvgIpc) is 3.13. The minimum Gasteiger partial charge on any atom is -0.372 e. The Morgan fingerprint density at radius 3 is 2.52 bits per heavy atom. The van der Waals surface area contributed by atoms with Crippen LogP contribution < -0.4 is 16.1 Å². The molecular weight excluding hydrogens is 455 g/mol. The van der Waals surface area contributed by atoms with E-state index in [1.54, 1.807) is 18.2 Å². The number of nitrogens with zero attached hydrogens (tertiary/aromatic N) is 4. The van der Waals surface area contributed by atoms with Crippen LogP contribution in [0, 0.1) is 0 Å². The van der Waals surface area contributed by atoms with Gasteiger partial charge in [-0.05, 0) is 61.7 Å². The summed E-state index contributed by atoms with van der Waals surface area (Å²) in [7, 11) is 0. The first-order valence-electron chi connectivity index (χ1n) is 9.95. The Balaban J connectivity index is 1.34. The highest BCUT2D eigenvalue weighted by Crippen LogP contribution is 2.30. The molecule has 31 heavy (non-hydrogen) atoms. The molecule has 1 fully saturated rings. The maximum absolute atomic E-state index is 12.4. The molecule has 4 rings (SSSR count). The quantitative estimate of drug-likeness (QED) is 0.396. The van der Waals surface area contributed by atoms with Gasteiger partial charge in [0.15, 0.2) is 5.82 Å². The fourth-order valence-corrected chi connectivity index (χ4v) is 4.61. The number of halogens is 2. The van der Waals surface area contributed by atoms with Crippen molar-refractivity contribution < 1.29 is 4.79 Å². The summed E-state index contributed by atoms with van der Waals surface area (Å²) >= 11 is 13.4. The van der Waals surface area contributed by atoms with E-state index in [-0.39, 0.29) is 11.7 Å². The van der Waals surface area contributed by atoms with Gasteiger partial charge in [-0.2, -0.15) is 0 Å². The summed E-state index contributed by atoms with van der Waals surface area (Å²) in [5.74, 6) is 6.51. The van der Waals surface area contributed by atoms with Crippen molar-refractivity contribution in [2.75, 3.05) is 34.9 Å². The number of nitrogens with two attached hydrogens (primary N) is 1. The van der Waals surface area contributed by atoms with Crippen LogP contribution in [0.2, 0.25) is 10.0 Å². The molecule has 0 spiro atoms. The number of carbonyl (C=O) groups excluding carboxylic acids is 1. The number of nitrogen functional groups attached to an aromatic ring is 1. The third-order valence-corrected chi connectivity index (χ3v) is 6.53. The number of aromatic nitrogens is 3. The number of benzene rings is 2. The minimum absolute atomic E-state index is 0.148. The second-order valence-electron chi connectivity index (χ2n) is 7.23. The molecule has 1 aromatic heterocycles. The van der Waals surface area contributed by atoms with Gasteiger partial charge in [-0.15, -0.1) is 10.2 Å². The normalized spacial score (nSPS) is 13.9. The number of hydrogen-bond donors (Lipinski definition) is 2. The lowest BCUT2D eigenvalue weighted by molar-refractivity contribution is -0.113. The monoisotopic (exact) mass is 476 g/mol. The Labute approximate surface area is 194 Å². The minimum atomic E-state index is -0.148. The molecule has 1 amide bonds. The van der Waals surface area contributed by atoms with Crippen LogP contribution in [0.25, 0.3) is 11.4 Å². The van der Waals surface area contributed by atoms with E-state index in [0.29, 0.717) is 26.6 Å². The molecule has 2 aromatic carbocycles. The highest BCUT2D eigenvalue weighted by Gasteiger charge is 2.16. The Hall–Kier alpha value is -2.42. The van der Waals surface area contributed by atoms with Gasteiger partial charge >= 0.3 is 0 Å². The maximum atomic E-state index is 12.4. The zero-order valence-corrected chi connectivity index (χ0v) is 19.1. The van der Waals surface area contributed by atoms with E-state index < -0.39 is 0 Å². The zero-order valence-electron chi connectivity index (χ0n) is 16.7. The SMILES string of the molecule is Nn1c(SCC(=O)Nc2ccc(N3CCCCC3)cc2)nnc1-c1ccc(Cl)cc1Cl. The average molecular weight is 477 g/mol. The van der Waals surface area contributed by atoms with Crippen molar-refractivity contribution in [3.05, 3.63) is 52.5 Å². The summed E-state index contributed by atoms with van der Waals surface area (Å²) in [6.07, 6.45) is 3.76.